The number of halogens is 2. The zero-order valence-corrected chi connectivity index (χ0v) is 27.4. The lowest BCUT2D eigenvalue weighted by atomic mass is 10.1. The Morgan fingerprint density at radius 1 is 0.953 bits per heavy atom. The van der Waals surface area contributed by atoms with Crippen molar-refractivity contribution in [1.29, 1.82) is 0 Å². The van der Waals surface area contributed by atoms with Crippen LogP contribution < -0.4 is 19.1 Å². The summed E-state index contributed by atoms with van der Waals surface area (Å²) < 4.78 is 40.1. The van der Waals surface area contributed by atoms with E-state index in [1.165, 1.54) is 37.3 Å². The number of carbonyl (C=O) groups is 2. The van der Waals surface area contributed by atoms with Gasteiger partial charge in [0.05, 0.1) is 24.8 Å². The van der Waals surface area contributed by atoms with Crippen molar-refractivity contribution in [3.8, 4) is 11.5 Å². The fourth-order valence-corrected chi connectivity index (χ4v) is 6.11. The van der Waals surface area contributed by atoms with Crippen molar-refractivity contribution in [3.05, 3.63) is 81.8 Å². The van der Waals surface area contributed by atoms with Gasteiger partial charge in [-0.2, -0.15) is 0 Å². The molecule has 0 bridgehead atoms. The SMILES string of the molecule is CC[C@H](C)NC(=O)[C@H](C)N(Cc1ccc(Cl)cc1Cl)C(=O)CN(c1cc(OC)ccc1OC)S(=O)(=O)c1ccc(C)cc1. The number of anilines is 1. The molecule has 0 unspecified atom stereocenters. The lowest BCUT2D eigenvalue weighted by Gasteiger charge is -2.33. The van der Waals surface area contributed by atoms with Crippen LogP contribution in [-0.4, -0.2) is 58.0 Å². The van der Waals surface area contributed by atoms with Crippen molar-refractivity contribution in [2.75, 3.05) is 25.1 Å². The van der Waals surface area contributed by atoms with E-state index in [1.54, 1.807) is 49.4 Å². The third-order valence-corrected chi connectivity index (χ3v) is 9.43. The fourth-order valence-electron chi connectivity index (χ4n) is 4.22. The van der Waals surface area contributed by atoms with Crippen molar-refractivity contribution < 1.29 is 27.5 Å². The van der Waals surface area contributed by atoms with E-state index < -0.39 is 28.5 Å². The number of ether oxygens (including phenoxy) is 2. The van der Waals surface area contributed by atoms with Crippen molar-refractivity contribution in [2.45, 2.75) is 57.6 Å². The molecule has 0 radical (unpaired) electrons. The molecule has 0 aliphatic carbocycles. The quantitative estimate of drug-likeness (QED) is 0.249. The molecule has 3 aromatic rings. The highest BCUT2D eigenvalue weighted by molar-refractivity contribution is 7.92. The molecule has 1 N–H and O–H groups in total. The Hall–Kier alpha value is -3.47. The van der Waals surface area contributed by atoms with Crippen molar-refractivity contribution in [3.63, 3.8) is 0 Å². The van der Waals surface area contributed by atoms with Gasteiger partial charge >= 0.3 is 0 Å². The Bertz CT molecular complexity index is 1550. The zero-order valence-electron chi connectivity index (χ0n) is 25.1. The number of nitrogens with one attached hydrogen (secondary N) is 1. The Labute approximate surface area is 263 Å². The average Bonchev–Trinajstić information content (AvgIpc) is 2.98. The van der Waals surface area contributed by atoms with Gasteiger partial charge in [-0.1, -0.05) is 53.9 Å². The smallest absolute Gasteiger partial charge is 0.264 e. The van der Waals surface area contributed by atoms with Gasteiger partial charge in [-0.25, -0.2) is 8.42 Å². The first-order chi connectivity index (χ1) is 20.3. The Kier molecular flexibility index (Phi) is 11.7. The van der Waals surface area contributed by atoms with Crippen LogP contribution in [0, 0.1) is 6.92 Å². The van der Waals surface area contributed by atoms with Gasteiger partial charge in [0, 0.05) is 28.7 Å². The first-order valence-corrected chi connectivity index (χ1v) is 15.9. The highest BCUT2D eigenvalue weighted by Gasteiger charge is 2.34. The van der Waals surface area contributed by atoms with Crippen LogP contribution in [0.25, 0.3) is 0 Å². The molecule has 232 valence electrons. The first kappa shape index (κ1) is 34.0. The number of aryl methyl sites for hydroxylation is 1. The first-order valence-electron chi connectivity index (χ1n) is 13.7. The molecular formula is C31H37Cl2N3O6S. The Morgan fingerprint density at radius 3 is 2.21 bits per heavy atom. The molecule has 0 saturated heterocycles. The van der Waals surface area contributed by atoms with Gasteiger partial charge in [-0.05, 0) is 69.2 Å². The largest absolute Gasteiger partial charge is 0.497 e. The minimum Gasteiger partial charge on any atom is -0.497 e. The number of rotatable bonds is 13. The lowest BCUT2D eigenvalue weighted by Crippen LogP contribution is -2.52. The molecule has 9 nitrogen and oxygen atoms in total. The van der Waals surface area contributed by atoms with E-state index in [2.05, 4.69) is 5.32 Å². The third kappa shape index (κ3) is 8.34. The second kappa shape index (κ2) is 14.8. The Morgan fingerprint density at radius 2 is 1.63 bits per heavy atom. The second-order valence-electron chi connectivity index (χ2n) is 10.1. The van der Waals surface area contributed by atoms with Crippen LogP contribution in [0.4, 0.5) is 5.69 Å². The number of methoxy groups -OCH3 is 2. The number of amides is 2. The number of hydrogen-bond donors (Lipinski definition) is 1. The highest BCUT2D eigenvalue weighted by Crippen LogP contribution is 2.36. The average molecular weight is 651 g/mol. The molecule has 2 amide bonds. The van der Waals surface area contributed by atoms with Crippen LogP contribution in [0.1, 0.15) is 38.3 Å². The summed E-state index contributed by atoms with van der Waals surface area (Å²) in [6, 6.07) is 14.7. The number of benzene rings is 3. The van der Waals surface area contributed by atoms with Crippen LogP contribution in [-0.2, 0) is 26.2 Å². The zero-order chi connectivity index (χ0) is 31.9. The molecule has 0 saturated carbocycles. The van der Waals surface area contributed by atoms with Gasteiger partial charge in [0.2, 0.25) is 11.8 Å². The maximum Gasteiger partial charge on any atom is 0.264 e. The molecule has 3 rings (SSSR count). The Balaban J connectivity index is 2.14. The summed E-state index contributed by atoms with van der Waals surface area (Å²) in [6.45, 7) is 6.50. The number of carbonyl (C=O) groups excluding carboxylic acids is 2. The molecule has 0 aliphatic rings. The van der Waals surface area contributed by atoms with E-state index >= 15 is 0 Å². The predicted molar refractivity (Wildman–Crippen MR) is 170 cm³/mol. The maximum absolute atomic E-state index is 14.2. The lowest BCUT2D eigenvalue weighted by molar-refractivity contribution is -0.139. The van der Waals surface area contributed by atoms with Crippen LogP contribution >= 0.6 is 23.2 Å². The molecule has 43 heavy (non-hydrogen) atoms. The molecule has 0 aromatic heterocycles. The standard InChI is InChI=1S/C31H37Cl2N3O6S/c1-7-21(3)34-31(38)22(4)35(18-23-10-11-24(32)16-27(23)33)30(37)19-36(28-17-25(41-5)12-15-29(28)42-6)43(39,40)26-13-8-20(2)9-14-26/h8-17,21-22H,7,18-19H2,1-6H3,(H,34,38)/t21-,22-/m0/s1. The van der Waals surface area contributed by atoms with Crippen LogP contribution in [0.5, 0.6) is 11.5 Å². The van der Waals surface area contributed by atoms with Crippen molar-refractivity contribution in [1.82, 2.24) is 10.2 Å². The van der Waals surface area contributed by atoms with Gasteiger partial charge in [-0.15, -0.1) is 0 Å². The van der Waals surface area contributed by atoms with Gasteiger partial charge < -0.3 is 19.7 Å². The summed E-state index contributed by atoms with van der Waals surface area (Å²) in [5.74, 6) is -0.462. The van der Waals surface area contributed by atoms with Crippen LogP contribution in [0.2, 0.25) is 10.0 Å². The van der Waals surface area contributed by atoms with Crippen molar-refractivity contribution >= 4 is 50.7 Å². The molecule has 3 aromatic carbocycles. The van der Waals surface area contributed by atoms with Gasteiger partial charge in [0.1, 0.15) is 24.1 Å². The van der Waals surface area contributed by atoms with Crippen molar-refractivity contribution in [2.24, 2.45) is 0 Å². The van der Waals surface area contributed by atoms with Crippen LogP contribution in [0.15, 0.2) is 65.6 Å². The summed E-state index contributed by atoms with van der Waals surface area (Å²) in [7, 11) is -1.45. The highest BCUT2D eigenvalue weighted by atomic mass is 35.5. The molecule has 0 fully saturated rings. The normalized spacial score (nSPS) is 12.7. The minimum atomic E-state index is -4.31. The third-order valence-electron chi connectivity index (χ3n) is 7.07. The molecule has 0 spiro atoms. The molecule has 12 heteroatoms. The fraction of sp³-hybridized carbons (Fsp3) is 0.355. The van der Waals surface area contributed by atoms with E-state index in [9.17, 15) is 18.0 Å². The topological polar surface area (TPSA) is 105 Å². The van der Waals surface area contributed by atoms with E-state index in [0.29, 0.717) is 27.8 Å². The molecule has 0 heterocycles. The summed E-state index contributed by atoms with van der Waals surface area (Å²) >= 11 is 12.5. The molecule has 0 aliphatic heterocycles. The van der Waals surface area contributed by atoms with Gasteiger partial charge in [0.15, 0.2) is 0 Å². The van der Waals surface area contributed by atoms with E-state index in [1.807, 2.05) is 20.8 Å². The number of hydrogen-bond acceptors (Lipinski definition) is 6. The summed E-state index contributed by atoms with van der Waals surface area (Å²) in [4.78, 5) is 28.7. The molecular weight excluding hydrogens is 613 g/mol. The molecule has 2 atom stereocenters. The van der Waals surface area contributed by atoms with Gasteiger partial charge in [0.25, 0.3) is 10.0 Å². The maximum atomic E-state index is 14.2. The summed E-state index contributed by atoms with van der Waals surface area (Å²) in [5.41, 5.74) is 1.50. The number of sulfonamides is 1. The predicted octanol–water partition coefficient (Wildman–Crippen LogP) is 5.85. The number of nitrogens with zero attached hydrogens (tertiary/aromatic N) is 2. The monoisotopic (exact) mass is 649 g/mol. The summed E-state index contributed by atoms with van der Waals surface area (Å²) in [5, 5.41) is 3.61. The van der Waals surface area contributed by atoms with Crippen LogP contribution in [0.3, 0.4) is 0 Å². The van der Waals surface area contributed by atoms with E-state index in [0.717, 1.165) is 9.87 Å². The van der Waals surface area contributed by atoms with E-state index in [-0.39, 0.29) is 34.8 Å². The minimum absolute atomic E-state index is 0.0226. The second-order valence-corrected chi connectivity index (χ2v) is 12.8. The van der Waals surface area contributed by atoms with Gasteiger partial charge in [-0.3, -0.25) is 13.9 Å². The van der Waals surface area contributed by atoms with E-state index in [4.69, 9.17) is 32.7 Å². The summed E-state index contributed by atoms with van der Waals surface area (Å²) in [6.07, 6.45) is 0.688.